The molecule has 4 rings (SSSR count). The van der Waals surface area contributed by atoms with E-state index in [-0.39, 0.29) is 29.8 Å². The fourth-order valence-corrected chi connectivity index (χ4v) is 4.85. The van der Waals surface area contributed by atoms with Gasteiger partial charge in [0.1, 0.15) is 24.0 Å². The number of allylic oxidation sites excluding steroid dienone is 1. The Morgan fingerprint density at radius 2 is 1.71 bits per heavy atom. The first-order chi connectivity index (χ1) is 17.0. The van der Waals surface area contributed by atoms with Crippen LogP contribution in [0.4, 0.5) is 5.69 Å². The van der Waals surface area contributed by atoms with Crippen LogP contribution in [-0.4, -0.2) is 65.8 Å². The number of likely N-dealkylation sites (N-methyl/N-ethyl adjacent to an activating group) is 1. The number of likely N-dealkylation sites (tertiary alicyclic amines) is 2. The second-order valence-electron chi connectivity index (χ2n) is 9.10. The number of benzene rings is 2. The van der Waals surface area contributed by atoms with E-state index in [1.165, 1.54) is 0 Å². The van der Waals surface area contributed by atoms with Gasteiger partial charge in [0, 0.05) is 32.4 Å². The second-order valence-corrected chi connectivity index (χ2v) is 9.10. The smallest absolute Gasteiger partial charge is 0.245 e. The first-order valence-corrected chi connectivity index (χ1v) is 12.1. The molecule has 0 saturated carbocycles. The molecule has 2 aromatic carbocycles. The van der Waals surface area contributed by atoms with E-state index in [4.69, 9.17) is 0 Å². The van der Waals surface area contributed by atoms with Crippen molar-refractivity contribution >= 4 is 28.3 Å². The molecule has 0 bridgehead atoms. The Morgan fingerprint density at radius 1 is 1.03 bits per heavy atom. The fraction of sp³-hybridized carbons (Fsp3) is 0.407. The van der Waals surface area contributed by atoms with Crippen molar-refractivity contribution in [3.05, 3.63) is 53.9 Å². The molecule has 0 spiro atoms. The van der Waals surface area contributed by atoms with E-state index in [1.54, 1.807) is 16.8 Å². The SMILES string of the molecule is CN(C(Nc1ccc2ccccc2c1)=C(C#N)C#N)C1CCCCN(CC(=O)N2CCCC2)C1=O. The summed E-state index contributed by atoms with van der Waals surface area (Å²) in [5, 5.41) is 24.7. The lowest BCUT2D eigenvalue weighted by molar-refractivity contribution is -0.142. The summed E-state index contributed by atoms with van der Waals surface area (Å²) in [6.07, 6.45) is 4.21. The monoisotopic (exact) mass is 470 g/mol. The number of rotatable bonds is 6. The van der Waals surface area contributed by atoms with Crippen LogP contribution >= 0.6 is 0 Å². The number of fused-ring (bicyclic) bond motifs is 1. The zero-order chi connectivity index (χ0) is 24.8. The average Bonchev–Trinajstić information content (AvgIpc) is 3.36. The number of nitrogens with one attached hydrogen (secondary N) is 1. The highest BCUT2D eigenvalue weighted by atomic mass is 16.2. The van der Waals surface area contributed by atoms with Crippen molar-refractivity contribution in [2.24, 2.45) is 0 Å². The number of hydrogen-bond donors (Lipinski definition) is 1. The number of amides is 2. The molecule has 180 valence electrons. The lowest BCUT2D eigenvalue weighted by Gasteiger charge is -2.33. The Labute approximate surface area is 206 Å². The van der Waals surface area contributed by atoms with Crippen molar-refractivity contribution in [3.8, 4) is 12.1 Å². The number of carbonyl (C=O) groups is 2. The van der Waals surface area contributed by atoms with Gasteiger partial charge in [0.2, 0.25) is 11.8 Å². The quantitative estimate of drug-likeness (QED) is 0.649. The largest absolute Gasteiger partial charge is 0.347 e. The molecule has 8 heteroatoms. The maximum atomic E-state index is 13.6. The molecule has 2 saturated heterocycles. The third kappa shape index (κ3) is 5.38. The van der Waals surface area contributed by atoms with Gasteiger partial charge in [-0.2, -0.15) is 10.5 Å². The van der Waals surface area contributed by atoms with Crippen molar-refractivity contribution < 1.29 is 9.59 Å². The highest BCUT2D eigenvalue weighted by Gasteiger charge is 2.34. The van der Waals surface area contributed by atoms with Crippen molar-refractivity contribution in [1.29, 1.82) is 10.5 Å². The van der Waals surface area contributed by atoms with Gasteiger partial charge in [0.05, 0.1) is 6.54 Å². The Balaban J connectivity index is 1.58. The summed E-state index contributed by atoms with van der Waals surface area (Å²) in [5.41, 5.74) is 0.619. The van der Waals surface area contributed by atoms with Crippen LogP contribution < -0.4 is 5.32 Å². The van der Waals surface area contributed by atoms with Crippen LogP contribution in [0.15, 0.2) is 53.9 Å². The molecule has 2 fully saturated rings. The summed E-state index contributed by atoms with van der Waals surface area (Å²) in [4.78, 5) is 31.5. The molecule has 0 aromatic heterocycles. The number of anilines is 1. The van der Waals surface area contributed by atoms with Gasteiger partial charge in [-0.05, 0) is 55.0 Å². The fourth-order valence-electron chi connectivity index (χ4n) is 4.85. The maximum Gasteiger partial charge on any atom is 0.245 e. The van der Waals surface area contributed by atoms with Crippen LogP contribution in [0.5, 0.6) is 0 Å². The Bertz CT molecular complexity index is 1200. The van der Waals surface area contributed by atoms with Crippen molar-refractivity contribution in [2.45, 2.75) is 38.1 Å². The Hall–Kier alpha value is -4.04. The van der Waals surface area contributed by atoms with Gasteiger partial charge >= 0.3 is 0 Å². The summed E-state index contributed by atoms with van der Waals surface area (Å²) in [6.45, 7) is 2.11. The highest BCUT2D eigenvalue weighted by Crippen LogP contribution is 2.25. The molecule has 8 nitrogen and oxygen atoms in total. The van der Waals surface area contributed by atoms with E-state index >= 15 is 0 Å². The molecule has 35 heavy (non-hydrogen) atoms. The third-order valence-corrected chi connectivity index (χ3v) is 6.83. The van der Waals surface area contributed by atoms with E-state index in [1.807, 2.05) is 59.5 Å². The van der Waals surface area contributed by atoms with Gasteiger partial charge in [0.25, 0.3) is 0 Å². The topological polar surface area (TPSA) is 103 Å². The van der Waals surface area contributed by atoms with E-state index in [0.29, 0.717) is 13.0 Å². The maximum absolute atomic E-state index is 13.6. The standard InChI is InChI=1S/C27H30N6O2/c1-31(24-10-4-5-15-33(27(24)35)19-25(34)32-13-6-7-14-32)26(22(17-28)18-29)30-23-12-11-20-8-2-3-9-21(20)16-23/h2-3,8-9,11-12,16,24,30H,4-7,10,13-15,19H2,1H3. The van der Waals surface area contributed by atoms with Gasteiger partial charge in [0.15, 0.2) is 5.57 Å². The zero-order valence-electron chi connectivity index (χ0n) is 20.0. The molecule has 2 aliphatic heterocycles. The minimum absolute atomic E-state index is 0.0149. The third-order valence-electron chi connectivity index (χ3n) is 6.83. The molecule has 1 atom stereocenters. The van der Waals surface area contributed by atoms with E-state index in [2.05, 4.69) is 5.32 Å². The predicted octanol–water partition coefficient (Wildman–Crippen LogP) is 3.45. The minimum atomic E-state index is -0.580. The molecular formula is C27H30N6O2. The van der Waals surface area contributed by atoms with Crippen molar-refractivity contribution in [2.75, 3.05) is 38.5 Å². The minimum Gasteiger partial charge on any atom is -0.347 e. The molecule has 2 heterocycles. The first-order valence-electron chi connectivity index (χ1n) is 12.1. The Morgan fingerprint density at radius 3 is 2.43 bits per heavy atom. The molecule has 0 radical (unpaired) electrons. The molecular weight excluding hydrogens is 440 g/mol. The Kier molecular flexibility index (Phi) is 7.52. The van der Waals surface area contributed by atoms with Gasteiger partial charge in [-0.15, -0.1) is 0 Å². The molecule has 2 amide bonds. The van der Waals surface area contributed by atoms with Crippen LogP contribution in [0.25, 0.3) is 10.8 Å². The molecule has 1 unspecified atom stereocenters. The van der Waals surface area contributed by atoms with E-state index in [0.717, 1.165) is 55.2 Å². The number of carbonyl (C=O) groups excluding carboxylic acids is 2. The normalized spacial score (nSPS) is 17.9. The second kappa shape index (κ2) is 10.9. The first kappa shape index (κ1) is 24.1. The van der Waals surface area contributed by atoms with Crippen LogP contribution in [-0.2, 0) is 9.59 Å². The predicted molar refractivity (Wildman–Crippen MR) is 134 cm³/mol. The average molecular weight is 471 g/mol. The molecule has 2 aliphatic rings. The molecule has 2 aromatic rings. The molecule has 0 aliphatic carbocycles. The van der Waals surface area contributed by atoms with Gasteiger partial charge < -0.3 is 20.0 Å². The lowest BCUT2D eigenvalue weighted by Crippen LogP contribution is -2.50. The van der Waals surface area contributed by atoms with Crippen molar-refractivity contribution in [3.63, 3.8) is 0 Å². The van der Waals surface area contributed by atoms with Crippen LogP contribution in [0, 0.1) is 22.7 Å². The summed E-state index contributed by atoms with van der Waals surface area (Å²) in [6, 6.07) is 17.1. The summed E-state index contributed by atoms with van der Waals surface area (Å²) in [5.74, 6) is 0.126. The summed E-state index contributed by atoms with van der Waals surface area (Å²) >= 11 is 0. The summed E-state index contributed by atoms with van der Waals surface area (Å²) < 4.78 is 0. The number of nitrogens with zero attached hydrogens (tertiary/aromatic N) is 5. The van der Waals surface area contributed by atoms with Crippen LogP contribution in [0.3, 0.4) is 0 Å². The van der Waals surface area contributed by atoms with Gasteiger partial charge in [-0.3, -0.25) is 9.59 Å². The van der Waals surface area contributed by atoms with Gasteiger partial charge in [-0.25, -0.2) is 0 Å². The zero-order valence-corrected chi connectivity index (χ0v) is 20.0. The lowest BCUT2D eigenvalue weighted by atomic mass is 10.1. The van der Waals surface area contributed by atoms with Crippen molar-refractivity contribution in [1.82, 2.24) is 14.7 Å². The van der Waals surface area contributed by atoms with Crippen LogP contribution in [0.2, 0.25) is 0 Å². The van der Waals surface area contributed by atoms with Crippen LogP contribution in [0.1, 0.15) is 32.1 Å². The highest BCUT2D eigenvalue weighted by molar-refractivity contribution is 5.88. The van der Waals surface area contributed by atoms with E-state index < -0.39 is 6.04 Å². The molecule has 1 N–H and O–H groups in total. The summed E-state index contributed by atoms with van der Waals surface area (Å²) in [7, 11) is 1.73. The number of hydrogen-bond acceptors (Lipinski definition) is 6. The number of nitriles is 2. The van der Waals surface area contributed by atoms with Gasteiger partial charge in [-0.1, -0.05) is 30.3 Å². The van der Waals surface area contributed by atoms with E-state index in [9.17, 15) is 20.1 Å².